The van der Waals surface area contributed by atoms with E-state index >= 15 is 0 Å². The largest absolute Gasteiger partial charge is 0.381 e. The third-order valence-corrected chi connectivity index (χ3v) is 3.75. The molecule has 0 spiro atoms. The number of hydrogen-bond acceptors (Lipinski definition) is 5. The third-order valence-electron chi connectivity index (χ3n) is 3.75. The molecule has 2 N–H and O–H groups in total. The number of nitrogens with zero attached hydrogens (tertiary/aromatic N) is 2. The van der Waals surface area contributed by atoms with Gasteiger partial charge in [0.15, 0.2) is 5.82 Å². The summed E-state index contributed by atoms with van der Waals surface area (Å²) in [4.78, 5) is 4.44. The monoisotopic (exact) mass is 273 g/mol. The molecule has 2 heterocycles. The molecule has 1 saturated heterocycles. The number of ether oxygens (including phenoxy) is 1. The van der Waals surface area contributed by atoms with Crippen molar-refractivity contribution in [3.8, 4) is 0 Å². The van der Waals surface area contributed by atoms with Gasteiger partial charge in [-0.1, -0.05) is 35.5 Å². The molecule has 0 radical (unpaired) electrons. The van der Waals surface area contributed by atoms with Gasteiger partial charge >= 0.3 is 0 Å². The molecule has 0 bridgehead atoms. The first-order chi connectivity index (χ1) is 9.83. The lowest BCUT2D eigenvalue weighted by Crippen LogP contribution is -2.27. The molecule has 1 aliphatic rings. The maximum absolute atomic E-state index is 6.22. The van der Waals surface area contributed by atoms with Crippen molar-refractivity contribution in [2.75, 3.05) is 13.2 Å². The van der Waals surface area contributed by atoms with Gasteiger partial charge in [-0.2, -0.15) is 4.98 Å². The molecular weight excluding hydrogens is 254 g/mol. The first-order valence-electron chi connectivity index (χ1n) is 7.02. The van der Waals surface area contributed by atoms with Crippen molar-refractivity contribution in [2.24, 2.45) is 11.7 Å². The molecule has 5 nitrogen and oxygen atoms in total. The van der Waals surface area contributed by atoms with Crippen LogP contribution in [0.1, 0.15) is 36.2 Å². The lowest BCUT2D eigenvalue weighted by atomic mass is 9.92. The zero-order chi connectivity index (χ0) is 13.8. The fourth-order valence-electron chi connectivity index (χ4n) is 2.53. The SMILES string of the molecule is N[C@H](c1nc(Cc2ccccc2)no1)C1CCOCC1. The zero-order valence-electron chi connectivity index (χ0n) is 11.4. The predicted molar refractivity (Wildman–Crippen MR) is 74.0 cm³/mol. The fraction of sp³-hybridized carbons (Fsp3) is 0.467. The van der Waals surface area contributed by atoms with Crippen LogP contribution in [-0.4, -0.2) is 23.4 Å². The van der Waals surface area contributed by atoms with Gasteiger partial charge in [0.25, 0.3) is 0 Å². The summed E-state index contributed by atoms with van der Waals surface area (Å²) in [6.45, 7) is 1.53. The maximum atomic E-state index is 6.22. The van der Waals surface area contributed by atoms with E-state index in [4.69, 9.17) is 15.0 Å². The van der Waals surface area contributed by atoms with E-state index in [1.807, 2.05) is 18.2 Å². The van der Waals surface area contributed by atoms with Crippen LogP contribution in [0.15, 0.2) is 34.9 Å². The van der Waals surface area contributed by atoms with E-state index in [1.165, 1.54) is 5.56 Å². The minimum atomic E-state index is -0.184. The molecule has 0 saturated carbocycles. The van der Waals surface area contributed by atoms with Gasteiger partial charge < -0.3 is 15.0 Å². The molecule has 20 heavy (non-hydrogen) atoms. The van der Waals surface area contributed by atoms with Gasteiger partial charge in [-0.3, -0.25) is 0 Å². The van der Waals surface area contributed by atoms with Gasteiger partial charge in [0, 0.05) is 19.6 Å². The van der Waals surface area contributed by atoms with Crippen LogP contribution in [0.3, 0.4) is 0 Å². The number of aromatic nitrogens is 2. The Hall–Kier alpha value is -1.72. The first-order valence-corrected chi connectivity index (χ1v) is 7.02. The maximum Gasteiger partial charge on any atom is 0.243 e. The Labute approximate surface area is 118 Å². The minimum Gasteiger partial charge on any atom is -0.381 e. The van der Waals surface area contributed by atoms with E-state index in [0.29, 0.717) is 24.1 Å². The summed E-state index contributed by atoms with van der Waals surface area (Å²) in [5.41, 5.74) is 7.39. The topological polar surface area (TPSA) is 74.2 Å². The Bertz CT molecular complexity index is 535. The van der Waals surface area contributed by atoms with Gasteiger partial charge in [0.2, 0.25) is 5.89 Å². The summed E-state index contributed by atoms with van der Waals surface area (Å²) >= 11 is 0. The molecular formula is C15H19N3O2. The van der Waals surface area contributed by atoms with Crippen LogP contribution in [0.4, 0.5) is 0 Å². The average Bonchev–Trinajstić information content (AvgIpc) is 2.97. The van der Waals surface area contributed by atoms with E-state index in [0.717, 1.165) is 26.1 Å². The Morgan fingerprint density at radius 2 is 1.95 bits per heavy atom. The van der Waals surface area contributed by atoms with Crippen molar-refractivity contribution in [3.05, 3.63) is 47.6 Å². The molecule has 0 unspecified atom stereocenters. The second-order valence-corrected chi connectivity index (χ2v) is 5.19. The number of benzene rings is 1. The van der Waals surface area contributed by atoms with Gasteiger partial charge in [0.05, 0.1) is 6.04 Å². The van der Waals surface area contributed by atoms with E-state index in [1.54, 1.807) is 0 Å². The van der Waals surface area contributed by atoms with Crippen molar-refractivity contribution in [1.29, 1.82) is 0 Å². The van der Waals surface area contributed by atoms with Gasteiger partial charge in [-0.25, -0.2) is 0 Å². The summed E-state index contributed by atoms with van der Waals surface area (Å²) in [6, 6.07) is 9.92. The molecule has 5 heteroatoms. The van der Waals surface area contributed by atoms with Crippen molar-refractivity contribution < 1.29 is 9.26 Å². The summed E-state index contributed by atoms with van der Waals surface area (Å²) in [5, 5.41) is 4.03. The summed E-state index contributed by atoms with van der Waals surface area (Å²) in [6.07, 6.45) is 2.58. The van der Waals surface area contributed by atoms with Crippen molar-refractivity contribution in [2.45, 2.75) is 25.3 Å². The van der Waals surface area contributed by atoms with E-state index in [-0.39, 0.29) is 6.04 Å². The van der Waals surface area contributed by atoms with Gasteiger partial charge in [-0.15, -0.1) is 0 Å². The van der Waals surface area contributed by atoms with Crippen molar-refractivity contribution in [1.82, 2.24) is 10.1 Å². The van der Waals surface area contributed by atoms with Gasteiger partial charge in [0.1, 0.15) is 0 Å². The second kappa shape index (κ2) is 6.15. The Kier molecular flexibility index (Phi) is 4.08. The van der Waals surface area contributed by atoms with Crippen LogP contribution in [0.2, 0.25) is 0 Å². The van der Waals surface area contributed by atoms with Crippen LogP contribution >= 0.6 is 0 Å². The highest BCUT2D eigenvalue weighted by molar-refractivity contribution is 5.18. The zero-order valence-corrected chi connectivity index (χ0v) is 11.4. The Morgan fingerprint density at radius 1 is 1.20 bits per heavy atom. The Morgan fingerprint density at radius 3 is 2.70 bits per heavy atom. The third kappa shape index (κ3) is 3.05. The highest BCUT2D eigenvalue weighted by atomic mass is 16.5. The average molecular weight is 273 g/mol. The smallest absolute Gasteiger partial charge is 0.243 e. The second-order valence-electron chi connectivity index (χ2n) is 5.19. The molecule has 0 aliphatic carbocycles. The fourth-order valence-corrected chi connectivity index (χ4v) is 2.53. The summed E-state index contributed by atoms with van der Waals surface area (Å²) < 4.78 is 10.7. The molecule has 1 aromatic carbocycles. The standard InChI is InChI=1S/C15H19N3O2/c16-14(12-6-8-19-9-7-12)15-17-13(18-20-15)10-11-4-2-1-3-5-11/h1-5,12,14H,6-10,16H2/t14-/m0/s1. The molecule has 1 fully saturated rings. The number of rotatable bonds is 4. The van der Waals surface area contributed by atoms with Crippen LogP contribution in [-0.2, 0) is 11.2 Å². The molecule has 106 valence electrons. The first kappa shape index (κ1) is 13.3. The summed E-state index contributed by atoms with van der Waals surface area (Å²) in [5.74, 6) is 1.60. The van der Waals surface area contributed by atoms with Crippen LogP contribution in [0, 0.1) is 5.92 Å². The van der Waals surface area contributed by atoms with E-state index < -0.39 is 0 Å². The van der Waals surface area contributed by atoms with Crippen LogP contribution in [0.5, 0.6) is 0 Å². The summed E-state index contributed by atoms with van der Waals surface area (Å²) in [7, 11) is 0. The molecule has 1 aromatic heterocycles. The molecule has 1 atom stereocenters. The lowest BCUT2D eigenvalue weighted by Gasteiger charge is -2.25. The molecule has 0 amide bonds. The normalized spacial score (nSPS) is 18.1. The van der Waals surface area contributed by atoms with E-state index in [2.05, 4.69) is 22.3 Å². The molecule has 1 aliphatic heterocycles. The van der Waals surface area contributed by atoms with Crippen LogP contribution < -0.4 is 5.73 Å². The highest BCUT2D eigenvalue weighted by Crippen LogP contribution is 2.27. The highest BCUT2D eigenvalue weighted by Gasteiger charge is 2.26. The van der Waals surface area contributed by atoms with Gasteiger partial charge in [-0.05, 0) is 24.3 Å². The molecule has 2 aromatic rings. The quantitative estimate of drug-likeness (QED) is 0.923. The number of hydrogen-bond donors (Lipinski definition) is 1. The Balaban J connectivity index is 1.66. The van der Waals surface area contributed by atoms with E-state index in [9.17, 15) is 0 Å². The number of nitrogens with two attached hydrogens (primary N) is 1. The minimum absolute atomic E-state index is 0.184. The van der Waals surface area contributed by atoms with Crippen molar-refractivity contribution in [3.63, 3.8) is 0 Å². The van der Waals surface area contributed by atoms with Crippen molar-refractivity contribution >= 4 is 0 Å². The molecule has 3 rings (SSSR count). The predicted octanol–water partition coefficient (Wildman–Crippen LogP) is 2.09. The van der Waals surface area contributed by atoms with Crippen LogP contribution in [0.25, 0.3) is 0 Å². The lowest BCUT2D eigenvalue weighted by molar-refractivity contribution is 0.0546.